The Labute approximate surface area is 189 Å². The van der Waals surface area contributed by atoms with Crippen molar-refractivity contribution < 1.29 is 47.8 Å². The second-order valence-corrected chi connectivity index (χ2v) is 7.03. The van der Waals surface area contributed by atoms with Crippen molar-refractivity contribution in [3.8, 4) is 0 Å². The predicted octanol–water partition coefficient (Wildman–Crippen LogP) is -1.30. The highest BCUT2D eigenvalue weighted by atomic mass is 16.7. The molecular weight excluding hydrogens is 466 g/mol. The van der Waals surface area contributed by atoms with Gasteiger partial charge in [0.1, 0.15) is 12.7 Å². The van der Waals surface area contributed by atoms with E-state index in [-0.39, 0.29) is 0 Å². The molecule has 34 heavy (non-hydrogen) atoms. The molecule has 1 N–H and O–H groups in total. The van der Waals surface area contributed by atoms with E-state index >= 15 is 0 Å². The van der Waals surface area contributed by atoms with Gasteiger partial charge in [-0.2, -0.15) is 0 Å². The Bertz CT molecular complexity index is 1110. The number of H-pyrrole nitrogens is 1. The summed E-state index contributed by atoms with van der Waals surface area (Å²) in [5.74, 6) is -3.48. The van der Waals surface area contributed by atoms with E-state index in [0.29, 0.717) is 10.8 Å². The second kappa shape index (κ2) is 10.7. The lowest BCUT2D eigenvalue weighted by molar-refractivity contribution is -0.387. The first-order valence-electron chi connectivity index (χ1n) is 9.62. The van der Waals surface area contributed by atoms with Crippen LogP contribution in [0.1, 0.15) is 33.9 Å². The molecule has 1 aliphatic rings. The topological polar surface area (TPSA) is 212 Å². The average Bonchev–Trinajstić information content (AvgIpc) is 2.68. The Morgan fingerprint density at radius 1 is 0.971 bits per heavy atom. The summed E-state index contributed by atoms with van der Waals surface area (Å²) in [4.78, 5) is 82.8. The molecule has 1 saturated heterocycles. The van der Waals surface area contributed by atoms with E-state index in [4.69, 9.17) is 23.7 Å². The molecule has 0 amide bonds. The van der Waals surface area contributed by atoms with Crippen molar-refractivity contribution in [3.63, 3.8) is 0 Å². The van der Waals surface area contributed by atoms with Crippen LogP contribution in [0.25, 0.3) is 0 Å². The van der Waals surface area contributed by atoms with Crippen molar-refractivity contribution in [3.05, 3.63) is 37.1 Å². The summed E-state index contributed by atoms with van der Waals surface area (Å²) in [5, 5.41) is 11.2. The van der Waals surface area contributed by atoms with Crippen LogP contribution in [0.4, 0.5) is 5.69 Å². The molecule has 0 aromatic carbocycles. The fraction of sp³-hybridized carbons (Fsp3) is 0.556. The number of nitrogens with zero attached hydrogens (tertiary/aromatic N) is 2. The summed E-state index contributed by atoms with van der Waals surface area (Å²) in [6, 6.07) is 0. The van der Waals surface area contributed by atoms with Crippen molar-refractivity contribution in [2.24, 2.45) is 0 Å². The minimum atomic E-state index is -1.75. The number of nitrogens with one attached hydrogen (secondary N) is 1. The number of rotatable bonds is 7. The van der Waals surface area contributed by atoms with Gasteiger partial charge in [0, 0.05) is 27.7 Å². The zero-order chi connectivity index (χ0) is 25.7. The molecule has 1 aromatic heterocycles. The lowest BCUT2D eigenvalue weighted by atomic mass is 9.97. The normalized spacial score (nSPS) is 23.9. The molecule has 0 spiro atoms. The van der Waals surface area contributed by atoms with E-state index in [1.54, 1.807) is 4.98 Å². The van der Waals surface area contributed by atoms with Crippen molar-refractivity contribution >= 4 is 29.6 Å². The highest BCUT2D eigenvalue weighted by Crippen LogP contribution is 2.34. The fourth-order valence-electron chi connectivity index (χ4n) is 3.22. The molecule has 5 unspecified atom stereocenters. The smallest absolute Gasteiger partial charge is 0.350 e. The Hall–Kier alpha value is -4.08. The third kappa shape index (κ3) is 6.25. The number of nitro groups is 1. The van der Waals surface area contributed by atoms with E-state index in [2.05, 4.69) is 0 Å². The molecule has 0 radical (unpaired) electrons. The van der Waals surface area contributed by atoms with E-state index < -0.39 is 83.0 Å². The lowest BCUT2D eigenvalue weighted by Crippen LogP contribution is -2.61. The molecule has 0 aliphatic carbocycles. The largest absolute Gasteiger partial charge is 0.463 e. The molecule has 5 atom stereocenters. The van der Waals surface area contributed by atoms with Crippen LogP contribution in [0.3, 0.4) is 0 Å². The van der Waals surface area contributed by atoms with E-state index in [0.717, 1.165) is 27.7 Å². The molecule has 0 bridgehead atoms. The Balaban J connectivity index is 2.71. The van der Waals surface area contributed by atoms with E-state index in [9.17, 15) is 38.9 Å². The SMILES string of the molecule is CC(=O)OCC1OC(n2cc([N+](=O)[O-])c(=O)[nH]c2=O)C(OC(C)=O)C(OC(C)=O)C1OC(C)=O. The van der Waals surface area contributed by atoms with Gasteiger partial charge in [0.05, 0.1) is 11.1 Å². The molecule has 1 aliphatic heterocycles. The maximum absolute atomic E-state index is 12.5. The quantitative estimate of drug-likeness (QED) is 0.205. The zero-order valence-corrected chi connectivity index (χ0v) is 18.4. The minimum absolute atomic E-state index is 0.536. The Morgan fingerprint density at radius 3 is 2.00 bits per heavy atom. The molecule has 16 nitrogen and oxygen atoms in total. The van der Waals surface area contributed by atoms with Gasteiger partial charge in [-0.3, -0.25) is 43.6 Å². The van der Waals surface area contributed by atoms with E-state index in [1.165, 1.54) is 0 Å². The highest BCUT2D eigenvalue weighted by Gasteiger charge is 2.53. The lowest BCUT2D eigenvalue weighted by Gasteiger charge is -2.44. The van der Waals surface area contributed by atoms with Crippen LogP contribution < -0.4 is 11.2 Å². The zero-order valence-electron chi connectivity index (χ0n) is 18.4. The summed E-state index contributed by atoms with van der Waals surface area (Å²) < 4.78 is 26.7. The first kappa shape index (κ1) is 26.2. The van der Waals surface area contributed by atoms with Crippen LogP contribution in [0.5, 0.6) is 0 Å². The van der Waals surface area contributed by atoms with E-state index in [1.807, 2.05) is 0 Å². The van der Waals surface area contributed by atoms with Crippen LogP contribution in [0.2, 0.25) is 0 Å². The fourth-order valence-corrected chi connectivity index (χ4v) is 3.22. The van der Waals surface area contributed by atoms with Gasteiger partial charge in [0.25, 0.3) is 0 Å². The number of carbonyl (C=O) groups excluding carboxylic acids is 4. The minimum Gasteiger partial charge on any atom is -0.463 e. The molecule has 1 aromatic rings. The number of ether oxygens (including phenoxy) is 5. The molecule has 2 heterocycles. The van der Waals surface area contributed by atoms with Gasteiger partial charge in [-0.05, 0) is 0 Å². The first-order chi connectivity index (χ1) is 15.8. The van der Waals surface area contributed by atoms with Gasteiger partial charge in [-0.15, -0.1) is 0 Å². The number of hydrogen-bond acceptors (Lipinski definition) is 13. The van der Waals surface area contributed by atoms with Gasteiger partial charge in [-0.1, -0.05) is 0 Å². The number of carbonyl (C=O) groups is 4. The van der Waals surface area contributed by atoms with Crippen LogP contribution in [0.15, 0.2) is 15.8 Å². The van der Waals surface area contributed by atoms with Gasteiger partial charge < -0.3 is 23.7 Å². The Kier molecular flexibility index (Phi) is 8.23. The molecule has 2 rings (SSSR count). The number of hydrogen-bond donors (Lipinski definition) is 1. The summed E-state index contributed by atoms with van der Waals surface area (Å²) in [6.45, 7) is 3.50. The number of esters is 4. The summed E-state index contributed by atoms with van der Waals surface area (Å²) in [5.41, 5.74) is -3.55. The van der Waals surface area contributed by atoms with Crippen molar-refractivity contribution in [1.29, 1.82) is 0 Å². The number of aromatic nitrogens is 2. The van der Waals surface area contributed by atoms with Crippen LogP contribution in [0, 0.1) is 10.1 Å². The molecule has 0 saturated carbocycles. The number of aromatic amines is 1. The predicted molar refractivity (Wildman–Crippen MR) is 105 cm³/mol. The van der Waals surface area contributed by atoms with Crippen LogP contribution in [-0.4, -0.2) is 69.4 Å². The van der Waals surface area contributed by atoms with Crippen molar-refractivity contribution in [2.45, 2.75) is 58.3 Å². The maximum atomic E-state index is 12.5. The second-order valence-electron chi connectivity index (χ2n) is 7.03. The average molecular weight is 487 g/mol. The van der Waals surface area contributed by atoms with Crippen LogP contribution >= 0.6 is 0 Å². The molecule has 1 fully saturated rings. The van der Waals surface area contributed by atoms with Crippen LogP contribution in [-0.2, 0) is 42.9 Å². The van der Waals surface area contributed by atoms with Gasteiger partial charge in [0.15, 0.2) is 24.5 Å². The summed E-state index contributed by atoms with van der Waals surface area (Å²) >= 11 is 0. The summed E-state index contributed by atoms with van der Waals surface area (Å²) in [6.07, 6.45) is -7.39. The molecule has 16 heteroatoms. The first-order valence-corrected chi connectivity index (χ1v) is 9.62. The molecular formula is C18H21N3O13. The molecule has 186 valence electrons. The highest BCUT2D eigenvalue weighted by molar-refractivity contribution is 5.68. The maximum Gasteiger partial charge on any atom is 0.350 e. The van der Waals surface area contributed by atoms with Crippen molar-refractivity contribution in [1.82, 2.24) is 9.55 Å². The third-order valence-electron chi connectivity index (χ3n) is 4.39. The standard InChI is InChI=1S/C18H21N3O13/c1-7(22)30-6-12-13(31-8(2)23)14(32-9(3)24)15(33-10(4)25)17(34-12)20-5-11(21(28)29)16(26)19-18(20)27/h5,12-15,17H,6H2,1-4H3,(H,19,26,27). The van der Waals surface area contributed by atoms with Gasteiger partial charge in [0.2, 0.25) is 0 Å². The van der Waals surface area contributed by atoms with Gasteiger partial charge >= 0.3 is 40.8 Å². The summed E-state index contributed by atoms with van der Waals surface area (Å²) in [7, 11) is 0. The van der Waals surface area contributed by atoms with Crippen molar-refractivity contribution in [2.75, 3.05) is 6.61 Å². The van der Waals surface area contributed by atoms with Gasteiger partial charge in [-0.25, -0.2) is 4.79 Å². The monoisotopic (exact) mass is 487 g/mol. The Morgan fingerprint density at radius 2 is 1.50 bits per heavy atom. The third-order valence-corrected chi connectivity index (χ3v) is 4.39.